The molecule has 0 radical (unpaired) electrons. The van der Waals surface area contributed by atoms with Gasteiger partial charge in [-0.2, -0.15) is 0 Å². The van der Waals surface area contributed by atoms with Gasteiger partial charge in [-0.3, -0.25) is 4.79 Å². The second-order valence-corrected chi connectivity index (χ2v) is 18.0. The number of carbonyl (C=O) groups is 1. The van der Waals surface area contributed by atoms with Crippen LogP contribution in [0.5, 0.6) is 0 Å². The molecule has 3 saturated heterocycles. The second kappa shape index (κ2) is 17.2. The number of ether oxygens (including phenoxy) is 6. The molecule has 3 heterocycles. The van der Waals surface area contributed by atoms with Gasteiger partial charge in [0.15, 0.2) is 12.6 Å². The van der Waals surface area contributed by atoms with Crippen molar-refractivity contribution in [3.63, 3.8) is 0 Å². The summed E-state index contributed by atoms with van der Waals surface area (Å²) >= 11 is 0. The van der Waals surface area contributed by atoms with Gasteiger partial charge in [0.05, 0.1) is 30.8 Å². The van der Waals surface area contributed by atoms with Crippen molar-refractivity contribution in [2.75, 3.05) is 19.8 Å². The molecule has 7 aliphatic rings. The Morgan fingerprint density at radius 3 is 1.82 bits per heavy atom. The summed E-state index contributed by atoms with van der Waals surface area (Å²) in [6.45, 7) is 6.52. The molecule has 21 atom stereocenters. The van der Waals surface area contributed by atoms with Crippen molar-refractivity contribution in [3.8, 4) is 0 Å². The zero-order chi connectivity index (χ0) is 40.7. The van der Waals surface area contributed by atoms with E-state index in [9.17, 15) is 61.0 Å². The molecule has 1 spiro atoms. The Hall–Kier alpha value is -0.170. The molecule has 11 N–H and O–H groups in total. The molecule has 0 aromatic rings. The van der Waals surface area contributed by atoms with Crippen LogP contribution in [0.15, 0.2) is 12.2 Å². The van der Waals surface area contributed by atoms with E-state index >= 15 is 0 Å². The van der Waals surface area contributed by atoms with Crippen LogP contribution in [0.1, 0.15) is 74.5 Å². The van der Waals surface area contributed by atoms with Gasteiger partial charge in [-0.1, -0.05) is 19.9 Å². The maximum Gasteiger partial charge on any atom is 2.00 e. The van der Waals surface area contributed by atoms with E-state index in [1.54, 1.807) is 0 Å². The van der Waals surface area contributed by atoms with Crippen LogP contribution in [0.2, 0.25) is 0 Å². The van der Waals surface area contributed by atoms with Crippen LogP contribution in [0.25, 0.3) is 0 Å². The summed E-state index contributed by atoms with van der Waals surface area (Å²) in [4.78, 5) is 14.1. The van der Waals surface area contributed by atoms with Gasteiger partial charge in [0.25, 0.3) is 0 Å². The number of rotatable bonds is 9. The van der Waals surface area contributed by atoms with E-state index in [2.05, 4.69) is 13.5 Å². The summed E-state index contributed by atoms with van der Waals surface area (Å²) in [5, 5.41) is 114. The molecule has 0 unspecified atom stereocenters. The van der Waals surface area contributed by atoms with Crippen molar-refractivity contribution in [3.05, 3.63) is 12.2 Å². The first-order valence-corrected chi connectivity index (χ1v) is 19.9. The Bertz CT molecular complexity index is 1470. The van der Waals surface area contributed by atoms with E-state index in [0.29, 0.717) is 44.9 Å². The van der Waals surface area contributed by atoms with Crippen LogP contribution in [-0.2, 0) is 33.2 Å². The Kier molecular flexibility index (Phi) is 14.0. The minimum absolute atomic E-state index is 0. The first-order valence-electron chi connectivity index (χ1n) is 19.9. The molecule has 324 valence electrons. The normalized spacial score (nSPS) is 53.6. The molecule has 57 heavy (non-hydrogen) atoms. The fraction of sp³-hybridized carbons (Fsp3) is 0.921. The first-order chi connectivity index (χ1) is 26.4. The van der Waals surface area contributed by atoms with Gasteiger partial charge in [-0.15, -0.1) is 0 Å². The third-order valence-corrected chi connectivity index (χ3v) is 15.0. The fourth-order valence-electron chi connectivity index (χ4n) is 12.0. The number of aliphatic hydroxyl groups excluding tert-OH is 11. The van der Waals surface area contributed by atoms with E-state index in [1.165, 1.54) is 0 Å². The second-order valence-electron chi connectivity index (χ2n) is 18.0. The number of fused-ring (bicyclic) bond motifs is 3. The smallest absolute Gasteiger partial charge is 1.00 e. The van der Waals surface area contributed by atoms with Gasteiger partial charge in [0.2, 0.25) is 6.29 Å². The summed E-state index contributed by atoms with van der Waals surface area (Å²) in [7, 11) is 0. The molecule has 4 saturated carbocycles. The molecular weight excluding hydrogens is 784 g/mol. The van der Waals surface area contributed by atoms with Crippen molar-refractivity contribution in [1.82, 2.24) is 0 Å². The molecule has 0 aromatic carbocycles. The number of hydrogen-bond acceptors (Lipinski definition) is 18. The summed E-state index contributed by atoms with van der Waals surface area (Å²) in [6, 6.07) is 0. The van der Waals surface area contributed by atoms with E-state index in [4.69, 9.17) is 28.4 Å². The molecule has 19 heteroatoms. The van der Waals surface area contributed by atoms with Crippen molar-refractivity contribution in [1.29, 1.82) is 0 Å². The number of hydrogen-bond donors (Lipinski definition) is 11. The van der Waals surface area contributed by atoms with Gasteiger partial charge in [-0.05, 0) is 86.5 Å². The van der Waals surface area contributed by atoms with Crippen molar-refractivity contribution in [2.45, 2.75) is 169 Å². The fourth-order valence-corrected chi connectivity index (χ4v) is 12.0. The molecule has 7 rings (SSSR count). The van der Waals surface area contributed by atoms with Crippen LogP contribution in [-0.4, -0.2) is 217 Å². The van der Waals surface area contributed by atoms with Crippen LogP contribution in [0.4, 0.5) is 0 Å². The molecular formula is C38H62CaO18. The Labute approximate surface area is 363 Å². The largest absolute Gasteiger partial charge is 2.00 e. The minimum Gasteiger partial charge on any atom is -1.00 e. The number of carbonyl (C=O) groups excluding carboxylic acids is 1. The van der Waals surface area contributed by atoms with Crippen molar-refractivity contribution in [2.24, 2.45) is 28.1 Å². The van der Waals surface area contributed by atoms with E-state index in [0.717, 1.165) is 18.4 Å². The Morgan fingerprint density at radius 2 is 1.23 bits per heavy atom. The maximum atomic E-state index is 14.1. The first kappa shape index (κ1) is 46.3. The van der Waals surface area contributed by atoms with Gasteiger partial charge in [-0.25, -0.2) is 0 Å². The van der Waals surface area contributed by atoms with Gasteiger partial charge >= 0.3 is 43.7 Å². The summed E-state index contributed by atoms with van der Waals surface area (Å²) in [5.41, 5.74) is -1.80. The Balaban J connectivity index is 0.00000256. The average Bonchev–Trinajstić information content (AvgIpc) is 3.37. The Morgan fingerprint density at radius 1 is 0.702 bits per heavy atom. The number of aliphatic hydroxyl groups is 11. The topological polar surface area (TPSA) is 295 Å². The van der Waals surface area contributed by atoms with Crippen molar-refractivity contribution < 1.29 is 92.2 Å². The van der Waals surface area contributed by atoms with E-state index in [-0.39, 0.29) is 63.3 Å². The standard InChI is InChI=1S/C38H60O18.Ca.2H/c1-16-11-37-9-5-20-35(2,7-4-8-36(20,3)34(50)55-32-29(49)26(46)23(43)18(13-40)52-32)21(37)6-10-38(16,15-37)56-33-30(27(47)24(44)19(14-41)53-33)54-31-28(48)25(45)22(42)17(12-39)51-31;;;/h17-33,39-49H,1,4-15H2,2-3H3;;;/q;+2;2*-1/t17-,18-,19-,20+,21+,22-,23-,24-,25+,26+,27+,28-,29-,30-,31+,32+,33+,35-,36-,37-,38+;;;/m1.../s1. The van der Waals surface area contributed by atoms with E-state index < -0.39 is 129 Å². The minimum atomic E-state index is -1.81. The SMILES string of the molecule is C=C1C[C@@]23CC[C@H]4[C@@](C)(CCC[C@@]4(C)C(=O)O[C@@H]4O[C@H](CO)[C@@H](O)[C@H](O)[C@H]4O)[C@@H]2CC[C@]1(O[C@@H]1O[C@H](CO)[C@@H](O)[C@H](O)[C@H]1O[C@@H]1O[C@H](CO)[C@@H](O)[C@H](O)[C@H]1O)C3.[Ca+2].[H-].[H-]. The molecule has 0 amide bonds. The van der Waals surface area contributed by atoms with Gasteiger partial charge in [0, 0.05) is 0 Å². The van der Waals surface area contributed by atoms with E-state index in [1.807, 2.05) is 6.92 Å². The monoisotopic (exact) mass is 846 g/mol. The molecule has 7 fully saturated rings. The quantitative estimate of drug-likeness (QED) is 0.0474. The summed E-state index contributed by atoms with van der Waals surface area (Å²) in [6.07, 6.45) is -17.8. The summed E-state index contributed by atoms with van der Waals surface area (Å²) < 4.78 is 35.6. The predicted molar refractivity (Wildman–Crippen MR) is 194 cm³/mol. The third kappa shape index (κ3) is 7.61. The molecule has 4 aliphatic carbocycles. The van der Waals surface area contributed by atoms with Crippen LogP contribution in [0, 0.1) is 28.1 Å². The molecule has 0 aromatic heterocycles. The van der Waals surface area contributed by atoms with Crippen LogP contribution >= 0.6 is 0 Å². The average molecular weight is 847 g/mol. The molecule has 18 nitrogen and oxygen atoms in total. The predicted octanol–water partition coefficient (Wildman–Crippen LogP) is -3.09. The van der Waals surface area contributed by atoms with Crippen LogP contribution < -0.4 is 0 Å². The summed E-state index contributed by atoms with van der Waals surface area (Å²) in [5.74, 6) is -0.591. The third-order valence-electron chi connectivity index (χ3n) is 15.0. The van der Waals surface area contributed by atoms with Gasteiger partial charge in [0.1, 0.15) is 73.2 Å². The van der Waals surface area contributed by atoms with Gasteiger partial charge < -0.3 is 87.4 Å². The maximum absolute atomic E-state index is 14.1. The molecule has 2 bridgehead atoms. The zero-order valence-corrected chi connectivity index (χ0v) is 34.7. The molecule has 3 aliphatic heterocycles. The number of esters is 1. The zero-order valence-electron chi connectivity index (χ0n) is 34.5. The van der Waals surface area contributed by atoms with Crippen molar-refractivity contribution >= 4 is 43.7 Å². The van der Waals surface area contributed by atoms with Crippen LogP contribution in [0.3, 0.4) is 0 Å².